The maximum Gasteiger partial charge on any atom is 0.422 e. The number of alkyl halides is 6. The molecule has 4 nitrogen and oxygen atoms in total. The van der Waals surface area contributed by atoms with Crippen molar-refractivity contribution in [3.8, 4) is 5.75 Å². The lowest BCUT2D eigenvalue weighted by molar-refractivity contribution is -0.302. The van der Waals surface area contributed by atoms with Gasteiger partial charge in [0.05, 0.1) is 0 Å². The van der Waals surface area contributed by atoms with Crippen LogP contribution in [0, 0.1) is 0 Å². The summed E-state index contributed by atoms with van der Waals surface area (Å²) >= 11 is 0. The third-order valence-corrected chi connectivity index (χ3v) is 1.86. The highest BCUT2D eigenvalue weighted by Crippen LogP contribution is 2.23. The van der Waals surface area contributed by atoms with E-state index in [2.05, 4.69) is 14.5 Å². The van der Waals surface area contributed by atoms with Crippen LogP contribution in [0.3, 0.4) is 0 Å². The first-order valence-electron chi connectivity index (χ1n) is 5.27. The number of para-hydroxylation sites is 1. The molecule has 1 aromatic carbocycles. The Labute approximate surface area is 114 Å². The molecule has 0 heterocycles. The van der Waals surface area contributed by atoms with E-state index >= 15 is 0 Å². The van der Waals surface area contributed by atoms with Gasteiger partial charge in [-0.3, -0.25) is 4.89 Å². The molecule has 0 aliphatic carbocycles. The van der Waals surface area contributed by atoms with Gasteiger partial charge < -0.3 is 4.74 Å². The van der Waals surface area contributed by atoms with Crippen molar-refractivity contribution < 1.29 is 45.6 Å². The molecule has 1 aromatic rings. The lowest BCUT2D eigenvalue weighted by Gasteiger charge is -2.12. The first-order valence-corrected chi connectivity index (χ1v) is 5.27. The largest absolute Gasteiger partial charge is 0.483 e. The van der Waals surface area contributed by atoms with E-state index < -0.39 is 42.8 Å². The quantitative estimate of drug-likeness (QED) is 0.475. The highest BCUT2D eigenvalue weighted by atomic mass is 19.4. The zero-order chi connectivity index (χ0) is 16.1. The SMILES string of the molecule is O=C(OOCC(F)(F)F)c1ccccc1OCC(F)(F)F. The normalized spacial score (nSPS) is 12.1. The number of carbonyl (C=O) groups is 1. The zero-order valence-electron chi connectivity index (χ0n) is 10.1. The monoisotopic (exact) mass is 318 g/mol. The van der Waals surface area contributed by atoms with Gasteiger partial charge in [0.2, 0.25) is 0 Å². The van der Waals surface area contributed by atoms with Gasteiger partial charge in [-0.25, -0.2) is 4.79 Å². The van der Waals surface area contributed by atoms with Gasteiger partial charge in [-0.05, 0) is 12.1 Å². The summed E-state index contributed by atoms with van der Waals surface area (Å²) in [6, 6.07) is 4.59. The Balaban J connectivity index is 2.67. The van der Waals surface area contributed by atoms with Gasteiger partial charge in [0, 0.05) is 0 Å². The molecule has 0 atom stereocenters. The molecule has 0 amide bonds. The van der Waals surface area contributed by atoms with Crippen LogP contribution >= 0.6 is 0 Å². The highest BCUT2D eigenvalue weighted by molar-refractivity contribution is 5.92. The second-order valence-electron chi connectivity index (χ2n) is 3.65. The van der Waals surface area contributed by atoms with Crippen molar-refractivity contribution in [2.24, 2.45) is 0 Å². The third-order valence-electron chi connectivity index (χ3n) is 1.86. The van der Waals surface area contributed by atoms with E-state index in [0.717, 1.165) is 12.1 Å². The van der Waals surface area contributed by atoms with Gasteiger partial charge in [-0.2, -0.15) is 31.2 Å². The molecule has 0 radical (unpaired) electrons. The Morgan fingerprint density at radius 3 is 2.10 bits per heavy atom. The van der Waals surface area contributed by atoms with Crippen molar-refractivity contribution in [1.82, 2.24) is 0 Å². The summed E-state index contributed by atoms with van der Waals surface area (Å²) in [5.74, 6) is -1.90. The average molecular weight is 318 g/mol. The van der Waals surface area contributed by atoms with E-state index in [-0.39, 0.29) is 0 Å². The fourth-order valence-corrected chi connectivity index (χ4v) is 1.12. The summed E-state index contributed by atoms with van der Waals surface area (Å²) in [5, 5.41) is 0. The van der Waals surface area contributed by atoms with Gasteiger partial charge in [0.25, 0.3) is 0 Å². The minimum atomic E-state index is -4.72. The van der Waals surface area contributed by atoms with Crippen LogP contribution in [0.25, 0.3) is 0 Å². The maximum atomic E-state index is 12.0. The van der Waals surface area contributed by atoms with E-state index in [4.69, 9.17) is 0 Å². The Hall–Kier alpha value is -1.97. The first-order chi connectivity index (χ1) is 9.58. The number of rotatable bonds is 5. The summed E-state index contributed by atoms with van der Waals surface area (Å²) in [6.45, 7) is -3.51. The van der Waals surface area contributed by atoms with E-state index in [0.29, 0.717) is 0 Å². The molecule has 0 unspecified atom stereocenters. The Morgan fingerprint density at radius 2 is 1.52 bits per heavy atom. The van der Waals surface area contributed by atoms with Crippen LogP contribution in [-0.4, -0.2) is 31.5 Å². The molecule has 1 rings (SSSR count). The molecule has 0 saturated heterocycles. The van der Waals surface area contributed by atoms with Crippen molar-refractivity contribution >= 4 is 5.97 Å². The van der Waals surface area contributed by atoms with Crippen molar-refractivity contribution in [3.05, 3.63) is 29.8 Å². The van der Waals surface area contributed by atoms with Crippen LogP contribution in [0.4, 0.5) is 26.3 Å². The maximum absolute atomic E-state index is 12.0. The van der Waals surface area contributed by atoms with Crippen molar-refractivity contribution in [3.63, 3.8) is 0 Å². The smallest absolute Gasteiger partial charge is 0.422 e. The zero-order valence-corrected chi connectivity index (χ0v) is 10.1. The van der Waals surface area contributed by atoms with Crippen molar-refractivity contribution in [1.29, 1.82) is 0 Å². The standard InChI is InChI=1S/C11H8F6O4/c12-10(13,14)5-19-8-4-2-1-3-7(8)9(18)21-20-6-11(15,16)17/h1-4H,5-6H2. The molecule has 0 spiro atoms. The molecular formula is C11H8F6O4. The lowest BCUT2D eigenvalue weighted by atomic mass is 10.2. The Morgan fingerprint density at radius 1 is 0.952 bits per heavy atom. The molecule has 0 saturated carbocycles. The molecule has 10 heteroatoms. The van der Waals surface area contributed by atoms with Crippen LogP contribution in [0.5, 0.6) is 5.75 Å². The fourth-order valence-electron chi connectivity index (χ4n) is 1.12. The molecule has 0 aliphatic rings. The Bertz CT molecular complexity index is 482. The minimum absolute atomic E-state index is 0.490. The van der Waals surface area contributed by atoms with Crippen molar-refractivity contribution in [2.75, 3.05) is 13.2 Å². The lowest BCUT2D eigenvalue weighted by Crippen LogP contribution is -2.21. The molecular weight excluding hydrogens is 310 g/mol. The van der Waals surface area contributed by atoms with Gasteiger partial charge in [-0.15, -0.1) is 0 Å². The number of carbonyl (C=O) groups excluding carboxylic acids is 1. The Kier molecular flexibility index (Phi) is 5.41. The second-order valence-corrected chi connectivity index (χ2v) is 3.65. The van der Waals surface area contributed by atoms with Crippen LogP contribution < -0.4 is 4.74 Å². The van der Waals surface area contributed by atoms with Gasteiger partial charge >= 0.3 is 18.3 Å². The van der Waals surface area contributed by atoms with Crippen LogP contribution in [0.2, 0.25) is 0 Å². The summed E-state index contributed by atoms with van der Waals surface area (Å²) < 4.78 is 75.7. The van der Waals surface area contributed by atoms with Crippen molar-refractivity contribution in [2.45, 2.75) is 12.4 Å². The first kappa shape index (κ1) is 17.1. The number of halogens is 6. The third kappa shape index (κ3) is 6.84. The van der Waals surface area contributed by atoms with E-state index in [1.165, 1.54) is 12.1 Å². The molecule has 0 N–H and O–H groups in total. The number of hydrogen-bond donors (Lipinski definition) is 0. The average Bonchev–Trinajstić information content (AvgIpc) is 2.34. The van der Waals surface area contributed by atoms with Gasteiger partial charge in [0.1, 0.15) is 11.3 Å². The minimum Gasteiger partial charge on any atom is -0.483 e. The van der Waals surface area contributed by atoms with Gasteiger partial charge in [0.15, 0.2) is 13.2 Å². The topological polar surface area (TPSA) is 44.8 Å². The summed E-state index contributed by atoms with van der Waals surface area (Å²) in [4.78, 5) is 18.9. The molecule has 21 heavy (non-hydrogen) atoms. The van der Waals surface area contributed by atoms with Gasteiger partial charge in [-0.1, -0.05) is 12.1 Å². The predicted molar refractivity (Wildman–Crippen MR) is 55.4 cm³/mol. The molecule has 0 bridgehead atoms. The van der Waals surface area contributed by atoms with Crippen LogP contribution in [0.1, 0.15) is 10.4 Å². The van der Waals surface area contributed by atoms with E-state index in [9.17, 15) is 31.1 Å². The fraction of sp³-hybridized carbons (Fsp3) is 0.364. The number of ether oxygens (including phenoxy) is 1. The number of hydrogen-bond acceptors (Lipinski definition) is 4. The summed E-state index contributed by atoms with van der Waals surface area (Å²) in [5.41, 5.74) is -0.496. The van der Waals surface area contributed by atoms with Crippen LogP contribution in [0.15, 0.2) is 24.3 Å². The van der Waals surface area contributed by atoms with Crippen LogP contribution in [-0.2, 0) is 9.78 Å². The number of benzene rings is 1. The summed E-state index contributed by atoms with van der Waals surface area (Å²) in [7, 11) is 0. The predicted octanol–water partition coefficient (Wildman–Crippen LogP) is 3.28. The highest BCUT2D eigenvalue weighted by Gasteiger charge is 2.31. The molecule has 0 fully saturated rings. The van der Waals surface area contributed by atoms with E-state index in [1.54, 1.807) is 0 Å². The molecule has 0 aliphatic heterocycles. The second kappa shape index (κ2) is 6.66. The van der Waals surface area contributed by atoms with E-state index in [1.807, 2.05) is 0 Å². The molecule has 118 valence electrons. The molecule has 0 aromatic heterocycles. The summed E-state index contributed by atoms with van der Waals surface area (Å²) in [6.07, 6.45) is -9.35.